The largest absolute Gasteiger partial charge is 0.412 e. The zero-order chi connectivity index (χ0) is 20.1. The third-order valence-corrected chi connectivity index (χ3v) is 5.56. The van der Waals surface area contributed by atoms with Crippen LogP contribution in [0.2, 0.25) is 0 Å². The Labute approximate surface area is 163 Å². The van der Waals surface area contributed by atoms with E-state index in [0.29, 0.717) is 31.8 Å². The zero-order valence-electron chi connectivity index (χ0n) is 16.2. The molecular weight excluding hydrogens is 371 g/mol. The minimum atomic E-state index is -4.28. The number of carbonyl (C=O) groups is 1. The smallest absolute Gasteiger partial charge is 0.381 e. The SMILES string of the molecule is CN1C(C2=CCN(CCNC(=O)C3CCCOC3)CC2)=CC=CC1C(F)(F)F. The van der Waals surface area contributed by atoms with Crippen LogP contribution in [0.4, 0.5) is 13.2 Å². The van der Waals surface area contributed by atoms with Crippen molar-refractivity contribution in [3.8, 4) is 0 Å². The molecule has 0 aromatic heterocycles. The zero-order valence-corrected chi connectivity index (χ0v) is 16.2. The molecule has 2 atom stereocenters. The van der Waals surface area contributed by atoms with E-state index in [1.165, 1.54) is 24.1 Å². The van der Waals surface area contributed by atoms with Crippen LogP contribution in [-0.2, 0) is 9.53 Å². The fraction of sp³-hybridized carbons (Fsp3) is 0.650. The average molecular weight is 399 g/mol. The fourth-order valence-corrected chi connectivity index (χ4v) is 3.89. The van der Waals surface area contributed by atoms with Crippen LogP contribution in [0.15, 0.2) is 35.6 Å². The number of hydrogen-bond donors (Lipinski definition) is 1. The van der Waals surface area contributed by atoms with E-state index in [4.69, 9.17) is 4.74 Å². The third-order valence-electron chi connectivity index (χ3n) is 5.56. The molecule has 2 unspecified atom stereocenters. The number of likely N-dealkylation sites (N-methyl/N-ethyl adjacent to an activating group) is 1. The maximum absolute atomic E-state index is 13.1. The van der Waals surface area contributed by atoms with Gasteiger partial charge in [-0.3, -0.25) is 9.69 Å². The lowest BCUT2D eigenvalue weighted by Gasteiger charge is -2.36. The van der Waals surface area contributed by atoms with Gasteiger partial charge in [0.05, 0.1) is 12.5 Å². The first-order valence-corrected chi connectivity index (χ1v) is 9.81. The van der Waals surface area contributed by atoms with E-state index >= 15 is 0 Å². The Morgan fingerprint density at radius 2 is 2.21 bits per heavy atom. The lowest BCUT2D eigenvalue weighted by atomic mass is 9.99. The summed E-state index contributed by atoms with van der Waals surface area (Å²) in [6.07, 6.45) is 4.62. The second-order valence-electron chi connectivity index (χ2n) is 7.52. The van der Waals surface area contributed by atoms with Crippen LogP contribution < -0.4 is 5.32 Å². The van der Waals surface area contributed by atoms with E-state index in [-0.39, 0.29) is 11.8 Å². The minimum absolute atomic E-state index is 0.0481. The van der Waals surface area contributed by atoms with Crippen LogP contribution in [0.1, 0.15) is 19.3 Å². The molecule has 156 valence electrons. The van der Waals surface area contributed by atoms with Crippen molar-refractivity contribution >= 4 is 5.91 Å². The highest BCUT2D eigenvalue weighted by Gasteiger charge is 2.42. The Morgan fingerprint density at radius 3 is 2.86 bits per heavy atom. The van der Waals surface area contributed by atoms with Crippen molar-refractivity contribution in [3.63, 3.8) is 0 Å². The molecule has 0 aromatic rings. The van der Waals surface area contributed by atoms with Crippen LogP contribution in [-0.4, -0.2) is 74.4 Å². The molecule has 0 aromatic carbocycles. The summed E-state index contributed by atoms with van der Waals surface area (Å²) in [5.41, 5.74) is 1.58. The van der Waals surface area contributed by atoms with Gasteiger partial charge in [-0.15, -0.1) is 0 Å². The quantitative estimate of drug-likeness (QED) is 0.772. The molecule has 0 bridgehead atoms. The van der Waals surface area contributed by atoms with E-state index in [2.05, 4.69) is 10.2 Å². The molecule has 1 fully saturated rings. The van der Waals surface area contributed by atoms with E-state index < -0.39 is 12.2 Å². The van der Waals surface area contributed by atoms with Gasteiger partial charge in [0.2, 0.25) is 5.91 Å². The van der Waals surface area contributed by atoms with Crippen LogP contribution in [0, 0.1) is 5.92 Å². The normalized spacial score (nSPS) is 26.6. The monoisotopic (exact) mass is 399 g/mol. The first-order chi connectivity index (χ1) is 13.4. The molecule has 3 heterocycles. The van der Waals surface area contributed by atoms with E-state index in [1.54, 1.807) is 6.08 Å². The molecule has 3 rings (SSSR count). The number of carbonyl (C=O) groups excluding carboxylic acids is 1. The lowest BCUT2D eigenvalue weighted by Crippen LogP contribution is -2.44. The summed E-state index contributed by atoms with van der Waals surface area (Å²) in [4.78, 5) is 15.6. The minimum Gasteiger partial charge on any atom is -0.381 e. The second kappa shape index (κ2) is 9.13. The Morgan fingerprint density at radius 1 is 1.39 bits per heavy atom. The van der Waals surface area contributed by atoms with Gasteiger partial charge in [-0.2, -0.15) is 13.2 Å². The molecule has 0 spiro atoms. The number of rotatable bonds is 5. The number of hydrogen-bond acceptors (Lipinski definition) is 4. The number of halogens is 3. The van der Waals surface area contributed by atoms with Crippen molar-refractivity contribution in [2.75, 3.05) is 46.4 Å². The van der Waals surface area contributed by atoms with E-state index in [9.17, 15) is 18.0 Å². The third kappa shape index (κ3) is 5.17. The second-order valence-corrected chi connectivity index (χ2v) is 7.52. The van der Waals surface area contributed by atoms with Crippen molar-refractivity contribution in [1.29, 1.82) is 0 Å². The van der Waals surface area contributed by atoms with Crippen molar-refractivity contribution in [2.24, 2.45) is 5.92 Å². The summed E-state index contributed by atoms with van der Waals surface area (Å²) >= 11 is 0. The van der Waals surface area contributed by atoms with Gasteiger partial charge in [0.15, 0.2) is 0 Å². The van der Waals surface area contributed by atoms with Gasteiger partial charge in [-0.25, -0.2) is 0 Å². The van der Waals surface area contributed by atoms with Gasteiger partial charge >= 0.3 is 6.18 Å². The van der Waals surface area contributed by atoms with Gasteiger partial charge in [0.25, 0.3) is 0 Å². The van der Waals surface area contributed by atoms with Crippen LogP contribution in [0.3, 0.4) is 0 Å². The number of alkyl halides is 3. The molecular formula is C20H28F3N3O2. The Hall–Kier alpha value is -1.80. The fourth-order valence-electron chi connectivity index (χ4n) is 3.89. The van der Waals surface area contributed by atoms with Crippen molar-refractivity contribution < 1.29 is 22.7 Å². The molecule has 1 saturated heterocycles. The number of allylic oxidation sites excluding steroid dienone is 3. The number of ether oxygens (including phenoxy) is 1. The molecule has 0 aliphatic carbocycles. The highest BCUT2D eigenvalue weighted by atomic mass is 19.4. The number of nitrogens with zero attached hydrogens (tertiary/aromatic N) is 2. The van der Waals surface area contributed by atoms with Crippen molar-refractivity contribution in [1.82, 2.24) is 15.1 Å². The molecule has 1 amide bonds. The van der Waals surface area contributed by atoms with Gasteiger partial charge in [-0.1, -0.05) is 18.2 Å². The molecule has 5 nitrogen and oxygen atoms in total. The van der Waals surface area contributed by atoms with Crippen LogP contribution >= 0.6 is 0 Å². The molecule has 3 aliphatic heterocycles. The standard InChI is InChI=1S/C20H28F3N3O2/c1-25-17(5-2-6-18(25)20(21,22)23)15-7-10-26(11-8-15)12-9-24-19(27)16-4-3-13-28-14-16/h2,5-7,16,18H,3-4,8-14H2,1H3,(H,24,27). The summed E-state index contributed by atoms with van der Waals surface area (Å²) in [7, 11) is 1.49. The Kier molecular flexibility index (Phi) is 6.82. The molecule has 28 heavy (non-hydrogen) atoms. The predicted molar refractivity (Wildman–Crippen MR) is 101 cm³/mol. The molecule has 3 aliphatic rings. The molecule has 1 N–H and O–H groups in total. The average Bonchev–Trinajstić information content (AvgIpc) is 2.68. The first kappa shape index (κ1) is 20.9. The molecule has 0 radical (unpaired) electrons. The number of nitrogens with one attached hydrogen (secondary N) is 1. The van der Waals surface area contributed by atoms with Crippen LogP contribution in [0.25, 0.3) is 0 Å². The molecule has 8 heteroatoms. The summed E-state index contributed by atoms with van der Waals surface area (Å²) in [6.45, 7) is 3.96. The first-order valence-electron chi connectivity index (χ1n) is 9.81. The maximum atomic E-state index is 13.1. The highest BCUT2D eigenvalue weighted by Crippen LogP contribution is 2.33. The van der Waals surface area contributed by atoms with Gasteiger partial charge in [0.1, 0.15) is 6.04 Å². The maximum Gasteiger partial charge on any atom is 0.412 e. The number of amides is 1. The van der Waals surface area contributed by atoms with E-state index in [1.807, 2.05) is 6.08 Å². The highest BCUT2D eigenvalue weighted by molar-refractivity contribution is 5.78. The van der Waals surface area contributed by atoms with Crippen molar-refractivity contribution in [2.45, 2.75) is 31.5 Å². The Bertz CT molecular complexity index is 652. The Balaban J connectivity index is 1.46. The van der Waals surface area contributed by atoms with Crippen LogP contribution in [0.5, 0.6) is 0 Å². The predicted octanol–water partition coefficient (Wildman–Crippen LogP) is 2.48. The van der Waals surface area contributed by atoms with Gasteiger partial charge in [0, 0.05) is 45.5 Å². The summed E-state index contributed by atoms with van der Waals surface area (Å²) in [6, 6.07) is -1.58. The summed E-state index contributed by atoms with van der Waals surface area (Å²) in [5.74, 6) is -0.00285. The van der Waals surface area contributed by atoms with Crippen molar-refractivity contribution in [3.05, 3.63) is 35.6 Å². The van der Waals surface area contributed by atoms with E-state index in [0.717, 1.165) is 38.1 Å². The topological polar surface area (TPSA) is 44.8 Å². The van der Waals surface area contributed by atoms with Gasteiger partial charge < -0.3 is 15.0 Å². The summed E-state index contributed by atoms with van der Waals surface area (Å²) in [5, 5.41) is 2.97. The van der Waals surface area contributed by atoms with Gasteiger partial charge in [-0.05, 0) is 30.9 Å². The lowest BCUT2D eigenvalue weighted by molar-refractivity contribution is -0.162. The molecule has 0 saturated carbocycles. The summed E-state index contributed by atoms with van der Waals surface area (Å²) < 4.78 is 44.8.